The van der Waals surface area contributed by atoms with Crippen LogP contribution >= 0.6 is 0 Å². The summed E-state index contributed by atoms with van der Waals surface area (Å²) in [5.74, 6) is -5.30. The first kappa shape index (κ1) is 27.6. The Balaban J connectivity index is 1.92. The number of aliphatic hydroxyl groups excluding tert-OH is 1. The van der Waals surface area contributed by atoms with Crippen molar-refractivity contribution in [2.45, 2.75) is 24.9 Å². The van der Waals surface area contributed by atoms with Gasteiger partial charge in [-0.05, 0) is 12.1 Å². The van der Waals surface area contributed by atoms with E-state index in [0.717, 1.165) is 9.80 Å². The number of carbonyl (C=O) groups is 6. The van der Waals surface area contributed by atoms with Crippen molar-refractivity contribution in [3.05, 3.63) is 40.4 Å². The average Bonchev–Trinajstić information content (AvgIpc) is 3.13. The van der Waals surface area contributed by atoms with Crippen LogP contribution in [0.1, 0.15) is 12.1 Å². The maximum atomic E-state index is 13.5. The van der Waals surface area contributed by atoms with Crippen molar-refractivity contribution < 1.29 is 44.1 Å². The Kier molecular flexibility index (Phi) is 8.59. The van der Waals surface area contributed by atoms with Gasteiger partial charge in [0.05, 0.1) is 42.5 Å². The molecule has 38 heavy (non-hydrogen) atoms. The van der Waals surface area contributed by atoms with Gasteiger partial charge in [0.2, 0.25) is 17.7 Å². The number of aromatic amines is 2. The number of nitrogens with zero attached hydrogens (tertiary/aromatic N) is 2. The van der Waals surface area contributed by atoms with Gasteiger partial charge in [0.1, 0.15) is 25.5 Å². The highest BCUT2D eigenvalue weighted by Crippen LogP contribution is 2.32. The molecule has 0 aliphatic carbocycles. The molecule has 7 N–H and O–H groups in total. The second-order valence-electron chi connectivity index (χ2n) is 8.19. The molecule has 4 amide bonds. The summed E-state index contributed by atoms with van der Waals surface area (Å²) in [5.41, 5.74) is -0.719. The standard InChI is InChI=1S/C22H24N6O10/c29-9-11(5-19(34)35)23-17(32)8-28-15-4-2-1-3-14(15)27(18(33)10-30)7-13(21(28)37)24-16(31)6-12-20(36)26-22(38)25-12/h1-4,9,11,13,30,36H,5-8,10H2,(H,23,32)(H,24,31)(H,34,35)(H2,25,26,38)/t11-,13-/m0/s1. The normalized spacial score (nSPS) is 15.7. The number of aliphatic hydroxyl groups is 1. The van der Waals surface area contributed by atoms with Crippen molar-refractivity contribution in [1.82, 2.24) is 20.6 Å². The van der Waals surface area contributed by atoms with Crippen LogP contribution in [-0.2, 0) is 35.2 Å². The number of amides is 4. The zero-order valence-electron chi connectivity index (χ0n) is 19.7. The summed E-state index contributed by atoms with van der Waals surface area (Å²) in [5, 5.41) is 32.7. The van der Waals surface area contributed by atoms with E-state index < -0.39 is 85.8 Å². The van der Waals surface area contributed by atoms with Gasteiger partial charge in [-0.15, -0.1) is 0 Å². The van der Waals surface area contributed by atoms with Crippen molar-refractivity contribution in [2.75, 3.05) is 29.5 Å². The third-order valence-electron chi connectivity index (χ3n) is 5.49. The van der Waals surface area contributed by atoms with Gasteiger partial charge in [0, 0.05) is 0 Å². The fourth-order valence-electron chi connectivity index (χ4n) is 3.84. The van der Waals surface area contributed by atoms with E-state index in [-0.39, 0.29) is 23.4 Å². The molecule has 0 fully saturated rings. The van der Waals surface area contributed by atoms with Crippen LogP contribution in [0.25, 0.3) is 0 Å². The zero-order chi connectivity index (χ0) is 28.0. The average molecular weight is 532 g/mol. The Labute approximate surface area is 213 Å². The Morgan fingerprint density at radius 1 is 1.11 bits per heavy atom. The molecule has 16 nitrogen and oxygen atoms in total. The van der Waals surface area contributed by atoms with Crippen LogP contribution in [0.2, 0.25) is 0 Å². The number of hydrogen-bond acceptors (Lipinski definition) is 9. The van der Waals surface area contributed by atoms with E-state index in [1.165, 1.54) is 18.2 Å². The summed E-state index contributed by atoms with van der Waals surface area (Å²) >= 11 is 0. The number of fused-ring (bicyclic) bond motifs is 1. The third kappa shape index (κ3) is 6.41. The second kappa shape index (κ2) is 11.8. The van der Waals surface area contributed by atoms with Gasteiger partial charge in [-0.3, -0.25) is 33.9 Å². The first-order chi connectivity index (χ1) is 18.0. The predicted molar refractivity (Wildman–Crippen MR) is 127 cm³/mol. The van der Waals surface area contributed by atoms with Crippen molar-refractivity contribution in [1.29, 1.82) is 0 Å². The number of carboxylic acid groups (broad SMARTS) is 1. The minimum Gasteiger partial charge on any atom is -0.493 e. The van der Waals surface area contributed by atoms with Crippen molar-refractivity contribution in [2.24, 2.45) is 0 Å². The highest BCUT2D eigenvalue weighted by molar-refractivity contribution is 6.10. The van der Waals surface area contributed by atoms with Gasteiger partial charge < -0.3 is 40.6 Å². The maximum Gasteiger partial charge on any atom is 0.325 e. The first-order valence-corrected chi connectivity index (χ1v) is 11.1. The molecule has 0 unspecified atom stereocenters. The molecular formula is C22H24N6O10. The monoisotopic (exact) mass is 532 g/mol. The van der Waals surface area contributed by atoms with Crippen LogP contribution in [0.5, 0.6) is 5.88 Å². The molecule has 16 heteroatoms. The van der Waals surface area contributed by atoms with Crippen LogP contribution in [0, 0.1) is 0 Å². The number of nitrogens with one attached hydrogen (secondary N) is 4. The minimum atomic E-state index is -1.45. The van der Waals surface area contributed by atoms with Crippen LogP contribution in [-0.4, -0.2) is 93.0 Å². The Bertz CT molecular complexity index is 1320. The maximum absolute atomic E-state index is 13.5. The van der Waals surface area contributed by atoms with Crippen molar-refractivity contribution in [3.63, 3.8) is 0 Å². The highest BCUT2D eigenvalue weighted by Gasteiger charge is 2.37. The Morgan fingerprint density at radius 3 is 2.37 bits per heavy atom. The molecule has 0 radical (unpaired) electrons. The molecule has 202 valence electrons. The van der Waals surface area contributed by atoms with Crippen molar-refractivity contribution >= 4 is 47.3 Å². The molecule has 0 bridgehead atoms. The van der Waals surface area contributed by atoms with Gasteiger partial charge in [-0.25, -0.2) is 4.79 Å². The number of H-pyrrole nitrogens is 2. The van der Waals surface area contributed by atoms with E-state index in [0.29, 0.717) is 0 Å². The smallest absolute Gasteiger partial charge is 0.325 e. The Morgan fingerprint density at radius 2 is 1.79 bits per heavy atom. The van der Waals surface area contributed by atoms with Crippen molar-refractivity contribution in [3.8, 4) is 5.88 Å². The molecule has 1 aliphatic heterocycles. The quantitative estimate of drug-likeness (QED) is 0.153. The predicted octanol–water partition coefficient (Wildman–Crippen LogP) is -3.03. The summed E-state index contributed by atoms with van der Waals surface area (Å²) in [4.78, 5) is 91.1. The van der Waals surface area contributed by atoms with E-state index in [1.54, 1.807) is 6.07 Å². The second-order valence-corrected chi connectivity index (χ2v) is 8.19. The molecule has 1 aromatic heterocycles. The molecule has 2 aromatic rings. The van der Waals surface area contributed by atoms with Crippen LogP contribution in [0.4, 0.5) is 11.4 Å². The number of rotatable bonds is 10. The lowest BCUT2D eigenvalue weighted by Crippen LogP contribution is -2.55. The SMILES string of the molecule is O=C[C@H](CC(=O)O)NC(=O)CN1C(=O)[C@@H](NC(=O)Cc2[nH]c(=O)[nH]c2O)CN(C(=O)CO)c2ccccc21. The number of aromatic nitrogens is 2. The minimum absolute atomic E-state index is 0.0692. The lowest BCUT2D eigenvalue weighted by Gasteiger charge is -2.25. The highest BCUT2D eigenvalue weighted by atomic mass is 16.4. The number of aldehydes is 1. The number of hydrogen-bond donors (Lipinski definition) is 7. The lowest BCUT2D eigenvalue weighted by atomic mass is 10.2. The number of benzene rings is 1. The topological polar surface area (TPSA) is 242 Å². The first-order valence-electron chi connectivity index (χ1n) is 11.1. The molecule has 3 rings (SSSR count). The summed E-state index contributed by atoms with van der Waals surface area (Å²) < 4.78 is 0. The van der Waals surface area contributed by atoms with Gasteiger partial charge >= 0.3 is 11.7 Å². The molecule has 1 aliphatic rings. The van der Waals surface area contributed by atoms with E-state index in [2.05, 4.69) is 15.6 Å². The molecule has 0 saturated carbocycles. The van der Waals surface area contributed by atoms with Gasteiger partial charge in [-0.2, -0.15) is 0 Å². The lowest BCUT2D eigenvalue weighted by molar-refractivity contribution is -0.139. The third-order valence-corrected chi connectivity index (χ3v) is 5.49. The fourth-order valence-corrected chi connectivity index (χ4v) is 3.84. The van der Waals surface area contributed by atoms with Gasteiger partial charge in [-0.1, -0.05) is 12.1 Å². The van der Waals surface area contributed by atoms with E-state index in [4.69, 9.17) is 5.11 Å². The number of anilines is 2. The number of para-hydroxylation sites is 2. The van der Waals surface area contributed by atoms with Crippen LogP contribution in [0.3, 0.4) is 0 Å². The van der Waals surface area contributed by atoms with E-state index >= 15 is 0 Å². The number of carboxylic acids is 1. The summed E-state index contributed by atoms with van der Waals surface area (Å²) in [6.45, 7) is -2.08. The van der Waals surface area contributed by atoms with E-state index in [1.807, 2.05) is 4.98 Å². The number of aromatic hydroxyl groups is 1. The zero-order valence-corrected chi connectivity index (χ0v) is 19.7. The van der Waals surface area contributed by atoms with E-state index in [9.17, 15) is 43.8 Å². The summed E-state index contributed by atoms with van der Waals surface area (Å²) in [6, 6.07) is 3.11. The molecular weight excluding hydrogens is 508 g/mol. The van der Waals surface area contributed by atoms with Crippen LogP contribution < -0.4 is 26.1 Å². The molecule has 0 spiro atoms. The molecule has 0 saturated heterocycles. The Hall–Kier alpha value is -4.99. The molecule has 1 aromatic carbocycles. The molecule has 2 heterocycles. The fraction of sp³-hybridized carbons (Fsp3) is 0.318. The number of imidazole rings is 1. The summed E-state index contributed by atoms with van der Waals surface area (Å²) in [7, 11) is 0. The summed E-state index contributed by atoms with van der Waals surface area (Å²) in [6.07, 6.45) is -1.01. The van der Waals surface area contributed by atoms with Gasteiger partial charge in [0.25, 0.3) is 11.8 Å². The molecule has 2 atom stereocenters. The largest absolute Gasteiger partial charge is 0.493 e. The van der Waals surface area contributed by atoms with Crippen LogP contribution in [0.15, 0.2) is 29.1 Å². The number of aliphatic carboxylic acids is 1. The number of carbonyl (C=O) groups excluding carboxylic acids is 5. The van der Waals surface area contributed by atoms with Gasteiger partial charge in [0.15, 0.2) is 0 Å².